The Balaban J connectivity index is 1.47. The van der Waals surface area contributed by atoms with Crippen molar-refractivity contribution in [2.75, 3.05) is 37.5 Å². The van der Waals surface area contributed by atoms with Gasteiger partial charge < -0.3 is 19.3 Å². The second-order valence-electron chi connectivity index (χ2n) is 7.40. The first-order valence-corrected chi connectivity index (χ1v) is 11.4. The van der Waals surface area contributed by atoms with Crippen molar-refractivity contribution in [1.29, 1.82) is 0 Å². The van der Waals surface area contributed by atoms with Crippen LogP contribution >= 0.6 is 11.8 Å². The topological polar surface area (TPSA) is 59.1 Å². The number of fused-ring (bicyclic) bond motifs is 1. The van der Waals surface area contributed by atoms with E-state index in [4.69, 9.17) is 9.47 Å². The molecule has 6 nitrogen and oxygen atoms in total. The van der Waals surface area contributed by atoms with Crippen LogP contribution in [0, 0.1) is 5.92 Å². The van der Waals surface area contributed by atoms with Crippen molar-refractivity contribution in [3.05, 3.63) is 48.0 Å². The molecule has 1 fully saturated rings. The predicted octanol–water partition coefficient (Wildman–Crippen LogP) is 3.58. The van der Waals surface area contributed by atoms with Crippen molar-refractivity contribution in [3.63, 3.8) is 0 Å². The molecule has 4 rings (SSSR count). The molecule has 0 spiro atoms. The molecule has 2 heterocycles. The van der Waals surface area contributed by atoms with Gasteiger partial charge in [0.15, 0.2) is 11.5 Å². The Hall–Kier alpha value is -2.67. The van der Waals surface area contributed by atoms with E-state index in [0.29, 0.717) is 38.6 Å². The van der Waals surface area contributed by atoms with Crippen LogP contribution in [0.25, 0.3) is 0 Å². The lowest BCUT2D eigenvalue weighted by Gasteiger charge is -2.27. The fourth-order valence-electron chi connectivity index (χ4n) is 3.95. The van der Waals surface area contributed by atoms with Crippen LogP contribution in [0.4, 0.5) is 5.69 Å². The van der Waals surface area contributed by atoms with Crippen molar-refractivity contribution in [3.8, 4) is 11.5 Å². The second-order valence-corrected chi connectivity index (χ2v) is 8.28. The minimum Gasteiger partial charge on any atom is -0.486 e. The number of benzene rings is 2. The first-order chi connectivity index (χ1) is 14.6. The van der Waals surface area contributed by atoms with Gasteiger partial charge in [-0.05, 0) is 43.5 Å². The summed E-state index contributed by atoms with van der Waals surface area (Å²) >= 11 is 1.66. The molecule has 1 saturated heterocycles. The average molecular weight is 427 g/mol. The van der Waals surface area contributed by atoms with Crippen LogP contribution < -0.4 is 14.4 Å². The normalized spacial score (nSPS) is 17.9. The van der Waals surface area contributed by atoms with Gasteiger partial charge in [-0.3, -0.25) is 9.59 Å². The number of para-hydroxylation sites is 1. The minimum atomic E-state index is -0.339. The molecule has 0 saturated carbocycles. The van der Waals surface area contributed by atoms with Crippen LogP contribution in [0.5, 0.6) is 11.5 Å². The van der Waals surface area contributed by atoms with E-state index in [1.54, 1.807) is 21.6 Å². The maximum absolute atomic E-state index is 13.2. The SMILES string of the molecule is CCN(Cc1cccc2c1OCCO2)C(=O)C1CC(=O)N(c2ccc(SC)cc2)C1. The lowest BCUT2D eigenvalue weighted by atomic mass is 10.1. The van der Waals surface area contributed by atoms with E-state index in [1.807, 2.05) is 55.6 Å². The summed E-state index contributed by atoms with van der Waals surface area (Å²) in [5, 5.41) is 0. The molecule has 2 aromatic rings. The number of amides is 2. The molecule has 2 aromatic carbocycles. The number of rotatable bonds is 6. The van der Waals surface area contributed by atoms with Gasteiger partial charge >= 0.3 is 0 Å². The average Bonchev–Trinajstić information content (AvgIpc) is 3.18. The Morgan fingerprint density at radius 1 is 1.17 bits per heavy atom. The highest BCUT2D eigenvalue weighted by Gasteiger charge is 2.37. The van der Waals surface area contributed by atoms with Crippen LogP contribution in [0.2, 0.25) is 0 Å². The molecule has 1 atom stereocenters. The summed E-state index contributed by atoms with van der Waals surface area (Å²) < 4.78 is 11.4. The number of thioether (sulfide) groups is 1. The van der Waals surface area contributed by atoms with E-state index < -0.39 is 0 Å². The van der Waals surface area contributed by atoms with Crippen LogP contribution in [0.15, 0.2) is 47.4 Å². The standard InChI is InChI=1S/C23H26N2O4S/c1-3-24(14-16-5-4-6-20-22(16)29-12-11-28-20)23(27)17-13-21(26)25(15-17)18-7-9-19(30-2)10-8-18/h4-10,17H,3,11-15H2,1-2H3. The minimum absolute atomic E-state index is 0.00316. The number of carbonyl (C=O) groups excluding carboxylic acids is 2. The molecular formula is C23H26N2O4S. The third-order valence-corrected chi connectivity index (χ3v) is 6.30. The Kier molecular flexibility index (Phi) is 6.18. The van der Waals surface area contributed by atoms with E-state index in [2.05, 4.69) is 0 Å². The monoisotopic (exact) mass is 426 g/mol. The number of hydrogen-bond donors (Lipinski definition) is 0. The predicted molar refractivity (Wildman–Crippen MR) is 117 cm³/mol. The fraction of sp³-hybridized carbons (Fsp3) is 0.391. The van der Waals surface area contributed by atoms with Crippen LogP contribution in [0.1, 0.15) is 18.9 Å². The lowest BCUT2D eigenvalue weighted by molar-refractivity contribution is -0.136. The summed E-state index contributed by atoms with van der Waals surface area (Å²) in [6.07, 6.45) is 2.26. The third-order valence-electron chi connectivity index (χ3n) is 5.56. The van der Waals surface area contributed by atoms with E-state index in [1.165, 1.54) is 0 Å². The number of anilines is 1. The van der Waals surface area contributed by atoms with Crippen LogP contribution in [0.3, 0.4) is 0 Å². The molecule has 0 aromatic heterocycles. The van der Waals surface area contributed by atoms with Gasteiger partial charge in [0.2, 0.25) is 11.8 Å². The summed E-state index contributed by atoms with van der Waals surface area (Å²) in [4.78, 5) is 30.5. The first-order valence-electron chi connectivity index (χ1n) is 10.2. The zero-order valence-corrected chi connectivity index (χ0v) is 18.1. The van der Waals surface area contributed by atoms with E-state index >= 15 is 0 Å². The molecule has 0 radical (unpaired) electrons. The van der Waals surface area contributed by atoms with Gasteiger partial charge in [0.1, 0.15) is 13.2 Å². The van der Waals surface area contributed by atoms with Gasteiger partial charge in [-0.25, -0.2) is 0 Å². The third kappa shape index (κ3) is 4.12. The molecule has 1 unspecified atom stereocenters. The molecule has 2 aliphatic rings. The van der Waals surface area contributed by atoms with Crippen molar-refractivity contribution >= 4 is 29.3 Å². The summed E-state index contributed by atoms with van der Waals surface area (Å²) in [7, 11) is 0. The maximum Gasteiger partial charge on any atom is 0.228 e. The fourth-order valence-corrected chi connectivity index (χ4v) is 4.36. The first kappa shape index (κ1) is 20.6. The summed E-state index contributed by atoms with van der Waals surface area (Å²) in [6, 6.07) is 13.7. The van der Waals surface area contributed by atoms with Gasteiger partial charge in [-0.1, -0.05) is 12.1 Å². The Labute approximate surface area is 181 Å². The Morgan fingerprint density at radius 3 is 2.67 bits per heavy atom. The quantitative estimate of drug-likeness (QED) is 0.661. The molecule has 158 valence electrons. The number of hydrogen-bond acceptors (Lipinski definition) is 5. The van der Waals surface area contributed by atoms with Gasteiger partial charge in [0.05, 0.1) is 5.92 Å². The second kappa shape index (κ2) is 9.00. The van der Waals surface area contributed by atoms with Crippen LogP contribution in [-0.4, -0.2) is 49.3 Å². The number of nitrogens with zero attached hydrogens (tertiary/aromatic N) is 2. The molecular weight excluding hydrogens is 400 g/mol. The molecule has 2 amide bonds. The van der Waals surface area contributed by atoms with E-state index in [0.717, 1.165) is 21.9 Å². The molecule has 30 heavy (non-hydrogen) atoms. The molecule has 0 aliphatic carbocycles. The van der Waals surface area contributed by atoms with Crippen molar-refractivity contribution < 1.29 is 19.1 Å². The maximum atomic E-state index is 13.2. The van der Waals surface area contributed by atoms with Gasteiger partial charge in [-0.2, -0.15) is 0 Å². The Morgan fingerprint density at radius 2 is 1.93 bits per heavy atom. The Bertz CT molecular complexity index is 931. The lowest BCUT2D eigenvalue weighted by Crippen LogP contribution is -2.37. The highest BCUT2D eigenvalue weighted by atomic mass is 32.2. The molecule has 0 N–H and O–H groups in total. The highest BCUT2D eigenvalue weighted by Crippen LogP contribution is 2.35. The van der Waals surface area contributed by atoms with Crippen molar-refractivity contribution in [2.24, 2.45) is 5.92 Å². The summed E-state index contributed by atoms with van der Waals surface area (Å²) in [5.74, 6) is 1.10. The summed E-state index contributed by atoms with van der Waals surface area (Å²) in [5.41, 5.74) is 1.77. The van der Waals surface area contributed by atoms with Crippen molar-refractivity contribution in [2.45, 2.75) is 24.8 Å². The zero-order valence-electron chi connectivity index (χ0n) is 17.3. The number of carbonyl (C=O) groups is 2. The van der Waals surface area contributed by atoms with E-state index in [-0.39, 0.29) is 24.2 Å². The van der Waals surface area contributed by atoms with Crippen LogP contribution in [-0.2, 0) is 16.1 Å². The van der Waals surface area contributed by atoms with Gasteiger partial charge in [-0.15, -0.1) is 11.8 Å². The zero-order chi connectivity index (χ0) is 21.1. The molecule has 2 aliphatic heterocycles. The van der Waals surface area contributed by atoms with Gasteiger partial charge in [0, 0.05) is 42.2 Å². The smallest absolute Gasteiger partial charge is 0.228 e. The van der Waals surface area contributed by atoms with E-state index in [9.17, 15) is 9.59 Å². The number of ether oxygens (including phenoxy) is 2. The summed E-state index contributed by atoms with van der Waals surface area (Å²) in [6.45, 7) is 4.42. The van der Waals surface area contributed by atoms with Gasteiger partial charge in [0.25, 0.3) is 0 Å². The molecule has 0 bridgehead atoms. The molecule has 7 heteroatoms. The largest absolute Gasteiger partial charge is 0.486 e. The van der Waals surface area contributed by atoms with Crippen molar-refractivity contribution in [1.82, 2.24) is 4.90 Å². The highest BCUT2D eigenvalue weighted by molar-refractivity contribution is 7.98.